The van der Waals surface area contributed by atoms with Crippen LogP contribution >= 0.6 is 0 Å². The summed E-state index contributed by atoms with van der Waals surface area (Å²) in [5, 5.41) is 14.2. The Morgan fingerprint density at radius 3 is 2.67 bits per heavy atom. The number of carbonyl (C=O) groups is 1. The zero-order valence-corrected chi connectivity index (χ0v) is 17.9. The van der Waals surface area contributed by atoms with E-state index < -0.39 is 6.10 Å². The van der Waals surface area contributed by atoms with Gasteiger partial charge >= 0.3 is 0 Å². The lowest BCUT2D eigenvalue weighted by atomic mass is 10.2. The van der Waals surface area contributed by atoms with E-state index >= 15 is 0 Å². The number of hydrogen-bond acceptors (Lipinski definition) is 5. The number of aliphatic hydroxyl groups excluding tert-OH is 1. The maximum absolute atomic E-state index is 13.0. The fourth-order valence-corrected chi connectivity index (χ4v) is 3.85. The Labute approximate surface area is 191 Å². The lowest BCUT2D eigenvalue weighted by Crippen LogP contribution is -2.36. The Kier molecular flexibility index (Phi) is 5.87. The smallest absolute Gasteiger partial charge is 0.268 e. The van der Waals surface area contributed by atoms with Gasteiger partial charge in [-0.05, 0) is 29.8 Å². The molecule has 3 aromatic carbocycles. The van der Waals surface area contributed by atoms with Gasteiger partial charge in [0.15, 0.2) is 11.5 Å². The van der Waals surface area contributed by atoms with Crippen LogP contribution < -0.4 is 19.5 Å². The predicted octanol–water partition coefficient (Wildman–Crippen LogP) is 3.59. The number of nitrogens with zero attached hydrogens (tertiary/aromatic N) is 1. The molecule has 0 radical (unpaired) electrons. The second-order valence-corrected chi connectivity index (χ2v) is 7.85. The summed E-state index contributed by atoms with van der Waals surface area (Å²) in [6.07, 6.45) is -0.869. The number of aromatic nitrogens is 1. The van der Waals surface area contributed by atoms with Crippen molar-refractivity contribution in [2.45, 2.75) is 12.6 Å². The van der Waals surface area contributed by atoms with E-state index in [1.54, 1.807) is 18.2 Å². The van der Waals surface area contributed by atoms with Gasteiger partial charge in [0.2, 0.25) is 6.79 Å². The van der Waals surface area contributed by atoms with Crippen molar-refractivity contribution in [3.8, 4) is 17.2 Å². The number of benzene rings is 3. The molecule has 1 aromatic heterocycles. The number of hydrogen-bond donors (Lipinski definition) is 2. The molecule has 2 N–H and O–H groups in total. The molecule has 33 heavy (non-hydrogen) atoms. The lowest BCUT2D eigenvalue weighted by molar-refractivity contribution is 0.0837. The van der Waals surface area contributed by atoms with Crippen molar-refractivity contribution in [2.24, 2.45) is 0 Å². The van der Waals surface area contributed by atoms with Crippen LogP contribution in [0.1, 0.15) is 16.1 Å². The summed E-state index contributed by atoms with van der Waals surface area (Å²) < 4.78 is 18.2. The van der Waals surface area contributed by atoms with Gasteiger partial charge in [-0.25, -0.2) is 0 Å². The first kappa shape index (κ1) is 20.9. The minimum absolute atomic E-state index is 0.0346. The largest absolute Gasteiger partial charge is 0.491 e. The van der Waals surface area contributed by atoms with E-state index in [2.05, 4.69) is 5.32 Å². The number of para-hydroxylation sites is 1. The van der Waals surface area contributed by atoms with Crippen LogP contribution in [-0.4, -0.2) is 41.6 Å². The van der Waals surface area contributed by atoms with E-state index in [-0.39, 0.29) is 25.9 Å². The minimum Gasteiger partial charge on any atom is -0.491 e. The molecule has 7 heteroatoms. The molecule has 0 fully saturated rings. The van der Waals surface area contributed by atoms with Gasteiger partial charge in [0.25, 0.3) is 5.91 Å². The summed E-state index contributed by atoms with van der Waals surface area (Å²) in [6, 6.07) is 25.0. The topological polar surface area (TPSA) is 82.0 Å². The van der Waals surface area contributed by atoms with Crippen LogP contribution in [0.5, 0.6) is 17.2 Å². The normalized spacial score (nSPS) is 13.1. The Bertz CT molecular complexity index is 1270. The van der Waals surface area contributed by atoms with E-state index in [0.29, 0.717) is 29.5 Å². The number of ether oxygens (including phenoxy) is 3. The summed E-state index contributed by atoms with van der Waals surface area (Å²) in [5.74, 6) is 1.60. The molecule has 7 nitrogen and oxygen atoms in total. The Balaban J connectivity index is 1.24. The van der Waals surface area contributed by atoms with Gasteiger partial charge in [-0.15, -0.1) is 0 Å². The number of nitrogens with one attached hydrogen (secondary N) is 1. The second kappa shape index (κ2) is 9.26. The third-order valence-corrected chi connectivity index (χ3v) is 5.51. The molecular formula is C26H24N2O5. The second-order valence-electron chi connectivity index (χ2n) is 7.85. The van der Waals surface area contributed by atoms with E-state index in [1.165, 1.54) is 0 Å². The van der Waals surface area contributed by atoms with Crippen LogP contribution in [0.2, 0.25) is 0 Å². The number of amides is 1. The van der Waals surface area contributed by atoms with Gasteiger partial charge < -0.3 is 29.2 Å². The number of rotatable bonds is 8. The van der Waals surface area contributed by atoms with E-state index in [0.717, 1.165) is 16.5 Å². The monoisotopic (exact) mass is 444 g/mol. The molecule has 1 unspecified atom stereocenters. The van der Waals surface area contributed by atoms with Crippen LogP contribution in [0.25, 0.3) is 10.9 Å². The zero-order chi connectivity index (χ0) is 22.6. The van der Waals surface area contributed by atoms with Crippen LogP contribution in [0, 0.1) is 0 Å². The zero-order valence-electron chi connectivity index (χ0n) is 17.9. The van der Waals surface area contributed by atoms with Crippen LogP contribution in [0.15, 0.2) is 78.9 Å². The van der Waals surface area contributed by atoms with Crippen molar-refractivity contribution in [3.63, 3.8) is 0 Å². The summed E-state index contributed by atoms with van der Waals surface area (Å²) in [5.41, 5.74) is 2.63. The summed E-state index contributed by atoms with van der Waals surface area (Å²) >= 11 is 0. The van der Waals surface area contributed by atoms with Gasteiger partial charge in [0.05, 0.1) is 0 Å². The molecule has 2 heterocycles. The van der Waals surface area contributed by atoms with E-state index in [1.807, 2.05) is 65.2 Å². The molecule has 0 spiro atoms. The summed E-state index contributed by atoms with van der Waals surface area (Å²) in [6.45, 7) is 0.866. The first-order valence-corrected chi connectivity index (χ1v) is 10.8. The highest BCUT2D eigenvalue weighted by Crippen LogP contribution is 2.35. The Hall–Kier alpha value is -3.97. The molecule has 4 aromatic rings. The third kappa shape index (κ3) is 4.63. The number of carbonyl (C=O) groups excluding carboxylic acids is 1. The first-order chi connectivity index (χ1) is 16.2. The van der Waals surface area contributed by atoms with Crippen molar-refractivity contribution in [2.75, 3.05) is 19.9 Å². The molecule has 0 aliphatic carbocycles. The molecule has 0 saturated carbocycles. The van der Waals surface area contributed by atoms with Gasteiger partial charge in [-0.2, -0.15) is 0 Å². The van der Waals surface area contributed by atoms with Crippen molar-refractivity contribution < 1.29 is 24.1 Å². The molecule has 0 bridgehead atoms. The molecule has 0 saturated heterocycles. The minimum atomic E-state index is -0.869. The third-order valence-electron chi connectivity index (χ3n) is 5.51. The lowest BCUT2D eigenvalue weighted by Gasteiger charge is -2.15. The Morgan fingerprint density at radius 2 is 1.79 bits per heavy atom. The molecular weight excluding hydrogens is 420 g/mol. The average molecular weight is 444 g/mol. The highest BCUT2D eigenvalue weighted by molar-refractivity contribution is 5.98. The highest BCUT2D eigenvalue weighted by atomic mass is 16.7. The van der Waals surface area contributed by atoms with E-state index in [9.17, 15) is 9.90 Å². The SMILES string of the molecule is O=C(NCC(O)COc1ccc2c(c1)OCO2)c1cc2ccccc2n1Cc1ccccc1. The van der Waals surface area contributed by atoms with Crippen LogP contribution in [0.4, 0.5) is 0 Å². The van der Waals surface area contributed by atoms with E-state index in [4.69, 9.17) is 14.2 Å². The molecule has 1 aliphatic heterocycles. The van der Waals surface area contributed by atoms with Crippen LogP contribution in [-0.2, 0) is 6.54 Å². The average Bonchev–Trinajstić information content (AvgIpc) is 3.46. The molecule has 1 atom stereocenters. The molecule has 1 amide bonds. The number of fused-ring (bicyclic) bond motifs is 2. The van der Waals surface area contributed by atoms with Gasteiger partial charge in [-0.3, -0.25) is 4.79 Å². The van der Waals surface area contributed by atoms with Crippen LogP contribution in [0.3, 0.4) is 0 Å². The van der Waals surface area contributed by atoms with Crippen molar-refractivity contribution in [1.82, 2.24) is 9.88 Å². The quantitative estimate of drug-likeness (QED) is 0.434. The Morgan fingerprint density at radius 1 is 1.00 bits per heavy atom. The van der Waals surface area contributed by atoms with Gasteiger partial charge in [0.1, 0.15) is 24.2 Å². The fourth-order valence-electron chi connectivity index (χ4n) is 3.85. The van der Waals surface area contributed by atoms with Crippen molar-refractivity contribution in [3.05, 3.63) is 90.1 Å². The molecule has 168 valence electrons. The summed E-state index contributed by atoms with van der Waals surface area (Å²) in [4.78, 5) is 13.0. The maximum Gasteiger partial charge on any atom is 0.268 e. The standard InChI is InChI=1S/C26H24N2O5/c29-20(16-31-21-10-11-24-25(13-21)33-17-32-24)14-27-26(30)23-12-19-8-4-5-9-22(19)28(23)15-18-6-2-1-3-7-18/h1-13,20,29H,14-17H2,(H,27,30). The fraction of sp³-hybridized carbons (Fsp3) is 0.192. The van der Waals surface area contributed by atoms with Crippen molar-refractivity contribution in [1.29, 1.82) is 0 Å². The van der Waals surface area contributed by atoms with Gasteiger partial charge in [0, 0.05) is 30.1 Å². The van der Waals surface area contributed by atoms with Gasteiger partial charge in [-0.1, -0.05) is 48.5 Å². The summed E-state index contributed by atoms with van der Waals surface area (Å²) in [7, 11) is 0. The maximum atomic E-state index is 13.0. The number of aliphatic hydroxyl groups is 1. The predicted molar refractivity (Wildman–Crippen MR) is 124 cm³/mol. The first-order valence-electron chi connectivity index (χ1n) is 10.8. The molecule has 5 rings (SSSR count). The van der Waals surface area contributed by atoms with Crippen molar-refractivity contribution >= 4 is 16.8 Å². The highest BCUT2D eigenvalue weighted by Gasteiger charge is 2.18. The molecule has 1 aliphatic rings.